The Bertz CT molecular complexity index is 768. The predicted octanol–water partition coefficient (Wildman–Crippen LogP) is 3.25. The molecule has 1 spiro atoms. The molecule has 7 nitrogen and oxygen atoms in total. The molecule has 2 aliphatic rings. The summed E-state index contributed by atoms with van der Waals surface area (Å²) in [5.41, 5.74) is -1.28. The molecule has 2 amide bonds. The Kier molecular flexibility index (Phi) is 5.01. The van der Waals surface area contributed by atoms with Crippen molar-refractivity contribution < 1.29 is 27.5 Å². The van der Waals surface area contributed by atoms with E-state index in [1.54, 1.807) is 25.7 Å². The fraction of sp³-hybridized carbons (Fsp3) is 0.667. The van der Waals surface area contributed by atoms with Crippen LogP contribution in [-0.4, -0.2) is 52.1 Å². The minimum Gasteiger partial charge on any atom is -0.444 e. The van der Waals surface area contributed by atoms with Crippen LogP contribution in [0.25, 0.3) is 0 Å². The highest BCUT2D eigenvalue weighted by atomic mass is 19.4. The van der Waals surface area contributed by atoms with Crippen molar-refractivity contribution in [2.24, 2.45) is 5.41 Å². The topological polar surface area (TPSA) is 75.6 Å². The van der Waals surface area contributed by atoms with Gasteiger partial charge in [0.25, 0.3) is 0 Å². The highest BCUT2D eigenvalue weighted by Crippen LogP contribution is 2.43. The summed E-state index contributed by atoms with van der Waals surface area (Å²) in [4.78, 5) is 34.8. The van der Waals surface area contributed by atoms with Gasteiger partial charge in [-0.3, -0.25) is 9.69 Å². The maximum atomic E-state index is 13.0. The summed E-state index contributed by atoms with van der Waals surface area (Å²) in [6.45, 7) is 6.38. The summed E-state index contributed by atoms with van der Waals surface area (Å²) in [5, 5.41) is 0. The average Bonchev–Trinajstić information content (AvgIpc) is 2.90. The molecule has 10 heteroatoms. The number of anilines is 1. The molecule has 154 valence electrons. The largest absolute Gasteiger partial charge is 0.451 e. The molecule has 2 saturated heterocycles. The second kappa shape index (κ2) is 6.89. The fourth-order valence-corrected chi connectivity index (χ4v) is 3.58. The van der Waals surface area contributed by atoms with Crippen molar-refractivity contribution in [2.75, 3.05) is 24.5 Å². The summed E-state index contributed by atoms with van der Waals surface area (Å²) >= 11 is 0. The smallest absolute Gasteiger partial charge is 0.444 e. The molecule has 0 radical (unpaired) electrons. The zero-order chi connectivity index (χ0) is 20.7. The van der Waals surface area contributed by atoms with E-state index in [0.717, 1.165) is 6.20 Å². The number of alkyl halides is 3. The minimum atomic E-state index is -4.67. The first-order chi connectivity index (χ1) is 12.9. The SMILES string of the molecule is CC(C)(C)OC(=O)N1CCC2(CC1)CCN(c1ccnc(C(F)(F)F)n1)C2=O. The van der Waals surface area contributed by atoms with Crippen molar-refractivity contribution >= 4 is 17.8 Å². The zero-order valence-corrected chi connectivity index (χ0v) is 16.0. The Hall–Kier alpha value is -2.39. The van der Waals surface area contributed by atoms with Crippen LogP contribution < -0.4 is 4.90 Å². The van der Waals surface area contributed by atoms with E-state index in [-0.39, 0.29) is 11.7 Å². The molecule has 0 N–H and O–H groups in total. The molecular formula is C18H23F3N4O3. The van der Waals surface area contributed by atoms with Gasteiger partial charge in [-0.2, -0.15) is 13.2 Å². The summed E-state index contributed by atoms with van der Waals surface area (Å²) < 4.78 is 43.9. The van der Waals surface area contributed by atoms with Gasteiger partial charge in [-0.1, -0.05) is 0 Å². The lowest BCUT2D eigenvalue weighted by molar-refractivity contribution is -0.145. The standard InChI is InChI=1S/C18H23F3N4O3/c1-16(2,3)28-15(27)24-9-5-17(6-10-24)7-11-25(14(17)26)12-4-8-22-13(23-12)18(19,20)21/h4,8H,5-7,9-11H2,1-3H3. The van der Waals surface area contributed by atoms with Crippen molar-refractivity contribution in [3.63, 3.8) is 0 Å². The first-order valence-electron chi connectivity index (χ1n) is 9.11. The third kappa shape index (κ3) is 4.05. The lowest BCUT2D eigenvalue weighted by Crippen LogP contribution is -2.48. The van der Waals surface area contributed by atoms with Crippen LogP contribution in [0, 0.1) is 5.41 Å². The normalized spacial score (nSPS) is 20.0. The van der Waals surface area contributed by atoms with Gasteiger partial charge < -0.3 is 9.64 Å². The molecule has 0 unspecified atom stereocenters. The van der Waals surface area contributed by atoms with Crippen LogP contribution in [-0.2, 0) is 15.7 Å². The highest BCUT2D eigenvalue weighted by Gasteiger charge is 2.50. The molecule has 0 atom stereocenters. The number of likely N-dealkylation sites (tertiary alicyclic amines) is 1. The van der Waals surface area contributed by atoms with Crippen LogP contribution in [0.1, 0.15) is 45.9 Å². The van der Waals surface area contributed by atoms with Crippen LogP contribution in [0.2, 0.25) is 0 Å². The third-order valence-electron chi connectivity index (χ3n) is 5.06. The number of amides is 2. The summed E-state index contributed by atoms with van der Waals surface area (Å²) in [6.07, 6.45) is -2.68. The maximum Gasteiger partial charge on any atom is 0.451 e. The second-order valence-electron chi connectivity index (χ2n) is 8.19. The van der Waals surface area contributed by atoms with E-state index in [0.29, 0.717) is 38.9 Å². The van der Waals surface area contributed by atoms with Crippen LogP contribution in [0.5, 0.6) is 0 Å². The molecule has 3 rings (SSSR count). The summed E-state index contributed by atoms with van der Waals surface area (Å²) in [6, 6.07) is 1.31. The summed E-state index contributed by atoms with van der Waals surface area (Å²) in [7, 11) is 0. The monoisotopic (exact) mass is 400 g/mol. The number of hydrogen-bond donors (Lipinski definition) is 0. The van der Waals surface area contributed by atoms with Gasteiger partial charge in [0, 0.05) is 25.8 Å². The van der Waals surface area contributed by atoms with E-state index in [2.05, 4.69) is 9.97 Å². The quantitative estimate of drug-likeness (QED) is 0.723. The third-order valence-corrected chi connectivity index (χ3v) is 5.06. The molecule has 28 heavy (non-hydrogen) atoms. The second-order valence-corrected chi connectivity index (χ2v) is 8.19. The Morgan fingerprint density at radius 1 is 1.14 bits per heavy atom. The van der Waals surface area contributed by atoms with Crippen LogP contribution >= 0.6 is 0 Å². The number of hydrogen-bond acceptors (Lipinski definition) is 5. The molecule has 0 saturated carbocycles. The molecule has 1 aromatic rings. The molecule has 0 aliphatic carbocycles. The molecular weight excluding hydrogens is 377 g/mol. The highest BCUT2D eigenvalue weighted by molar-refractivity contribution is 5.99. The van der Waals surface area contributed by atoms with Crippen molar-refractivity contribution in [1.29, 1.82) is 0 Å². The van der Waals surface area contributed by atoms with Crippen LogP contribution in [0.3, 0.4) is 0 Å². The number of carbonyl (C=O) groups is 2. The lowest BCUT2D eigenvalue weighted by atomic mass is 9.77. The van der Waals surface area contributed by atoms with Gasteiger partial charge in [0.05, 0.1) is 5.41 Å². The Morgan fingerprint density at radius 3 is 2.32 bits per heavy atom. The number of ether oxygens (including phenoxy) is 1. The molecule has 2 aliphatic heterocycles. The average molecular weight is 400 g/mol. The van der Waals surface area contributed by atoms with Gasteiger partial charge in [-0.25, -0.2) is 14.8 Å². The van der Waals surface area contributed by atoms with Gasteiger partial charge in [0.2, 0.25) is 11.7 Å². The lowest BCUT2D eigenvalue weighted by Gasteiger charge is -2.38. The van der Waals surface area contributed by atoms with E-state index in [4.69, 9.17) is 4.74 Å². The van der Waals surface area contributed by atoms with Crippen molar-refractivity contribution in [3.05, 3.63) is 18.1 Å². The van der Waals surface area contributed by atoms with E-state index in [1.165, 1.54) is 11.0 Å². The number of aromatic nitrogens is 2. The van der Waals surface area contributed by atoms with Gasteiger partial charge in [0.15, 0.2) is 0 Å². The van der Waals surface area contributed by atoms with Crippen molar-refractivity contribution in [3.8, 4) is 0 Å². The molecule has 3 heterocycles. The number of nitrogens with zero attached hydrogens (tertiary/aromatic N) is 4. The van der Waals surface area contributed by atoms with Gasteiger partial charge in [-0.05, 0) is 46.1 Å². The molecule has 0 bridgehead atoms. The molecule has 1 aromatic heterocycles. The van der Waals surface area contributed by atoms with E-state index in [9.17, 15) is 22.8 Å². The van der Waals surface area contributed by atoms with Crippen molar-refractivity contribution in [2.45, 2.75) is 51.8 Å². The molecule has 0 aromatic carbocycles. The van der Waals surface area contributed by atoms with Crippen LogP contribution in [0.4, 0.5) is 23.8 Å². The first-order valence-corrected chi connectivity index (χ1v) is 9.11. The minimum absolute atomic E-state index is 0.0428. The zero-order valence-electron chi connectivity index (χ0n) is 16.0. The van der Waals surface area contributed by atoms with E-state index < -0.39 is 29.1 Å². The fourth-order valence-electron chi connectivity index (χ4n) is 3.58. The van der Waals surface area contributed by atoms with Gasteiger partial charge in [0.1, 0.15) is 11.4 Å². The Morgan fingerprint density at radius 2 is 1.75 bits per heavy atom. The number of rotatable bonds is 1. The van der Waals surface area contributed by atoms with Crippen molar-refractivity contribution in [1.82, 2.24) is 14.9 Å². The Balaban J connectivity index is 1.69. The van der Waals surface area contributed by atoms with Gasteiger partial charge >= 0.3 is 12.3 Å². The number of carbonyl (C=O) groups excluding carboxylic acids is 2. The Labute approximate surface area is 160 Å². The van der Waals surface area contributed by atoms with Crippen LogP contribution in [0.15, 0.2) is 12.3 Å². The first kappa shape index (κ1) is 20.3. The maximum absolute atomic E-state index is 13.0. The summed E-state index contributed by atoms with van der Waals surface area (Å²) in [5.74, 6) is -1.56. The van der Waals surface area contributed by atoms with E-state index in [1.807, 2.05) is 0 Å². The molecule has 2 fully saturated rings. The number of halogens is 3. The predicted molar refractivity (Wildman–Crippen MR) is 93.5 cm³/mol. The number of piperidine rings is 1. The van der Waals surface area contributed by atoms with Gasteiger partial charge in [-0.15, -0.1) is 0 Å². The van der Waals surface area contributed by atoms with E-state index >= 15 is 0 Å².